The molecule has 3 amide bonds. The topological polar surface area (TPSA) is 55.9 Å². The van der Waals surface area contributed by atoms with Gasteiger partial charge in [0, 0.05) is 57.8 Å². The van der Waals surface area contributed by atoms with E-state index in [1.807, 2.05) is 9.80 Å². The Balaban J connectivity index is 1.40. The van der Waals surface area contributed by atoms with Crippen LogP contribution in [0.25, 0.3) is 0 Å². The fourth-order valence-electron chi connectivity index (χ4n) is 2.94. The summed E-state index contributed by atoms with van der Waals surface area (Å²) in [5.74, 6) is 0.344. The Morgan fingerprint density at radius 2 is 1.85 bits per heavy atom. The predicted octanol–water partition coefficient (Wildman–Crippen LogP) is -0.0441. The first-order chi connectivity index (χ1) is 9.58. The summed E-state index contributed by atoms with van der Waals surface area (Å²) in [5.41, 5.74) is -0.0458. The number of hydrogen-bond acceptors (Lipinski definition) is 3. The van der Waals surface area contributed by atoms with Crippen molar-refractivity contribution in [2.75, 3.05) is 52.4 Å². The molecule has 0 aromatic rings. The molecular weight excluding hydrogens is 256 g/mol. The van der Waals surface area contributed by atoms with Crippen LogP contribution in [-0.4, -0.2) is 79.0 Å². The Morgan fingerprint density at radius 3 is 2.40 bits per heavy atom. The van der Waals surface area contributed by atoms with E-state index in [0.29, 0.717) is 5.91 Å². The van der Waals surface area contributed by atoms with E-state index in [0.717, 1.165) is 65.2 Å². The van der Waals surface area contributed by atoms with Crippen LogP contribution in [0.3, 0.4) is 0 Å². The fraction of sp³-hybridized carbons (Fsp3) is 0.857. The lowest BCUT2D eigenvalue weighted by Gasteiger charge is -2.36. The summed E-state index contributed by atoms with van der Waals surface area (Å²) < 4.78 is 0. The molecule has 0 aromatic heterocycles. The average molecular weight is 280 g/mol. The second-order valence-corrected chi connectivity index (χ2v) is 6.41. The molecule has 2 aliphatic heterocycles. The van der Waals surface area contributed by atoms with E-state index >= 15 is 0 Å². The van der Waals surface area contributed by atoms with Crippen LogP contribution in [0, 0.1) is 5.41 Å². The lowest BCUT2D eigenvalue weighted by atomic mass is 10.1. The normalized spacial score (nSPS) is 25.8. The van der Waals surface area contributed by atoms with Gasteiger partial charge in [-0.25, -0.2) is 4.79 Å². The summed E-state index contributed by atoms with van der Waals surface area (Å²) in [6, 6.07) is 0.0560. The summed E-state index contributed by atoms with van der Waals surface area (Å²) in [5, 5.41) is 2.82. The third kappa shape index (κ3) is 2.75. The molecule has 3 rings (SSSR count). The number of carbonyl (C=O) groups is 2. The number of nitrogens with zero attached hydrogens (tertiary/aromatic N) is 3. The number of hydrogen-bond donors (Lipinski definition) is 1. The van der Waals surface area contributed by atoms with Crippen molar-refractivity contribution in [2.45, 2.75) is 19.8 Å². The van der Waals surface area contributed by atoms with Crippen LogP contribution in [0.15, 0.2) is 0 Å². The molecule has 6 nitrogen and oxygen atoms in total. The van der Waals surface area contributed by atoms with Crippen molar-refractivity contribution in [3.05, 3.63) is 0 Å². The molecular formula is C14H24N4O2. The first-order valence-corrected chi connectivity index (χ1v) is 7.63. The number of rotatable bonds is 4. The number of urea groups is 1. The van der Waals surface area contributed by atoms with E-state index in [9.17, 15) is 9.59 Å². The summed E-state index contributed by atoms with van der Waals surface area (Å²) in [7, 11) is 0. The van der Waals surface area contributed by atoms with Gasteiger partial charge < -0.3 is 15.1 Å². The molecule has 1 aliphatic carbocycles. The second kappa shape index (κ2) is 5.24. The van der Waals surface area contributed by atoms with Gasteiger partial charge in [0.1, 0.15) is 0 Å². The van der Waals surface area contributed by atoms with Crippen molar-refractivity contribution < 1.29 is 9.59 Å². The molecule has 0 spiro atoms. The first kappa shape index (κ1) is 13.7. The maximum absolute atomic E-state index is 12.2. The smallest absolute Gasteiger partial charge is 0.317 e. The monoisotopic (exact) mass is 280 g/mol. The largest absolute Gasteiger partial charge is 0.340 e. The van der Waals surface area contributed by atoms with Gasteiger partial charge in [-0.15, -0.1) is 0 Å². The standard InChI is InChI=1S/C14H24N4O2/c1-14(2-3-14)12(19)17-9-6-16(7-10-17)8-11-18-5-4-15-13(18)20/h2-11H2,1H3,(H,15,20). The van der Waals surface area contributed by atoms with E-state index in [2.05, 4.69) is 17.1 Å². The van der Waals surface area contributed by atoms with Crippen LogP contribution in [0.1, 0.15) is 19.8 Å². The van der Waals surface area contributed by atoms with E-state index in [1.165, 1.54) is 0 Å². The van der Waals surface area contributed by atoms with Crippen LogP contribution in [-0.2, 0) is 4.79 Å². The molecule has 1 N–H and O–H groups in total. The van der Waals surface area contributed by atoms with E-state index in [4.69, 9.17) is 0 Å². The summed E-state index contributed by atoms with van der Waals surface area (Å²) in [6.45, 7) is 8.88. The average Bonchev–Trinajstić information content (AvgIpc) is 3.08. The van der Waals surface area contributed by atoms with Crippen LogP contribution in [0.2, 0.25) is 0 Å². The van der Waals surface area contributed by atoms with Crippen molar-refractivity contribution in [3.8, 4) is 0 Å². The van der Waals surface area contributed by atoms with Gasteiger partial charge in [0.2, 0.25) is 5.91 Å². The fourth-order valence-corrected chi connectivity index (χ4v) is 2.94. The number of piperazine rings is 1. The molecule has 0 aromatic carbocycles. The van der Waals surface area contributed by atoms with Crippen molar-refractivity contribution in [3.63, 3.8) is 0 Å². The molecule has 3 fully saturated rings. The first-order valence-electron chi connectivity index (χ1n) is 7.63. The minimum absolute atomic E-state index is 0.0458. The van der Waals surface area contributed by atoms with Crippen molar-refractivity contribution >= 4 is 11.9 Å². The summed E-state index contributed by atoms with van der Waals surface area (Å²) in [4.78, 5) is 29.9. The van der Waals surface area contributed by atoms with Crippen LogP contribution < -0.4 is 5.32 Å². The summed E-state index contributed by atoms with van der Waals surface area (Å²) in [6.07, 6.45) is 2.10. The Bertz CT molecular complexity index is 400. The minimum atomic E-state index is -0.0458. The molecule has 0 radical (unpaired) electrons. The maximum atomic E-state index is 12.2. The Labute approximate surface area is 120 Å². The van der Waals surface area contributed by atoms with Gasteiger partial charge in [0.05, 0.1) is 0 Å². The van der Waals surface area contributed by atoms with E-state index in [1.54, 1.807) is 0 Å². The molecule has 3 aliphatic rings. The van der Waals surface area contributed by atoms with Gasteiger partial charge in [-0.05, 0) is 12.8 Å². The van der Waals surface area contributed by atoms with Crippen molar-refractivity contribution in [2.24, 2.45) is 5.41 Å². The zero-order valence-corrected chi connectivity index (χ0v) is 12.2. The maximum Gasteiger partial charge on any atom is 0.317 e. The van der Waals surface area contributed by atoms with Crippen LogP contribution >= 0.6 is 0 Å². The molecule has 2 saturated heterocycles. The number of nitrogens with one attached hydrogen (secondary N) is 1. The molecule has 0 atom stereocenters. The Morgan fingerprint density at radius 1 is 1.15 bits per heavy atom. The second-order valence-electron chi connectivity index (χ2n) is 6.41. The zero-order chi connectivity index (χ0) is 14.2. The number of amides is 3. The molecule has 1 saturated carbocycles. The van der Waals surface area contributed by atoms with E-state index in [-0.39, 0.29) is 11.4 Å². The highest BCUT2D eigenvalue weighted by molar-refractivity contribution is 5.85. The third-order valence-electron chi connectivity index (χ3n) is 4.81. The van der Waals surface area contributed by atoms with Gasteiger partial charge in [0.15, 0.2) is 0 Å². The number of carbonyl (C=O) groups excluding carboxylic acids is 2. The third-order valence-corrected chi connectivity index (χ3v) is 4.81. The van der Waals surface area contributed by atoms with Gasteiger partial charge in [-0.2, -0.15) is 0 Å². The highest BCUT2D eigenvalue weighted by Gasteiger charge is 2.47. The lowest BCUT2D eigenvalue weighted by molar-refractivity contribution is -0.138. The van der Waals surface area contributed by atoms with Crippen LogP contribution in [0.5, 0.6) is 0 Å². The van der Waals surface area contributed by atoms with E-state index < -0.39 is 0 Å². The molecule has 0 bridgehead atoms. The molecule has 0 unspecified atom stereocenters. The van der Waals surface area contributed by atoms with Crippen LogP contribution in [0.4, 0.5) is 4.79 Å². The zero-order valence-electron chi connectivity index (χ0n) is 12.2. The highest BCUT2D eigenvalue weighted by atomic mass is 16.2. The SMILES string of the molecule is CC1(C(=O)N2CCN(CCN3CCNC3=O)CC2)CC1. The molecule has 2 heterocycles. The molecule has 6 heteroatoms. The minimum Gasteiger partial charge on any atom is -0.340 e. The molecule has 20 heavy (non-hydrogen) atoms. The predicted molar refractivity (Wildman–Crippen MR) is 75.3 cm³/mol. The lowest BCUT2D eigenvalue weighted by Crippen LogP contribution is -2.51. The Kier molecular flexibility index (Phi) is 3.58. The van der Waals surface area contributed by atoms with Crippen molar-refractivity contribution in [1.82, 2.24) is 20.0 Å². The van der Waals surface area contributed by atoms with Gasteiger partial charge >= 0.3 is 6.03 Å². The Hall–Kier alpha value is -1.30. The van der Waals surface area contributed by atoms with Gasteiger partial charge in [-0.3, -0.25) is 9.69 Å². The summed E-state index contributed by atoms with van der Waals surface area (Å²) >= 11 is 0. The highest BCUT2D eigenvalue weighted by Crippen LogP contribution is 2.46. The van der Waals surface area contributed by atoms with Gasteiger partial charge in [-0.1, -0.05) is 6.92 Å². The quantitative estimate of drug-likeness (QED) is 0.786. The van der Waals surface area contributed by atoms with Crippen molar-refractivity contribution in [1.29, 1.82) is 0 Å². The van der Waals surface area contributed by atoms with Gasteiger partial charge in [0.25, 0.3) is 0 Å². The molecule has 112 valence electrons.